The molecule has 1 aromatic heterocycles. The van der Waals surface area contributed by atoms with E-state index in [0.717, 1.165) is 34.2 Å². The van der Waals surface area contributed by atoms with E-state index in [1.165, 1.54) is 5.56 Å². The summed E-state index contributed by atoms with van der Waals surface area (Å²) in [5.41, 5.74) is 3.49. The number of hydrogen-bond donors (Lipinski definition) is 0. The van der Waals surface area contributed by atoms with E-state index in [4.69, 9.17) is 9.72 Å². The van der Waals surface area contributed by atoms with Crippen molar-refractivity contribution in [3.05, 3.63) is 90.5 Å². The fourth-order valence-electron chi connectivity index (χ4n) is 2.87. The molecule has 0 unspecified atom stereocenters. The van der Waals surface area contributed by atoms with Gasteiger partial charge in [-0.3, -0.25) is 0 Å². The first-order chi connectivity index (χ1) is 12.9. The maximum atomic E-state index is 5.89. The average Bonchev–Trinajstić information content (AvgIpc) is 3.06. The van der Waals surface area contributed by atoms with Crippen LogP contribution in [0.15, 0.2) is 90.1 Å². The molecule has 0 saturated heterocycles. The molecule has 0 atom stereocenters. The molecule has 0 amide bonds. The second kappa shape index (κ2) is 8.11. The van der Waals surface area contributed by atoms with Crippen LogP contribution < -0.4 is 4.74 Å². The van der Waals surface area contributed by atoms with Gasteiger partial charge in [0.25, 0.3) is 0 Å². The molecule has 0 spiro atoms. The van der Waals surface area contributed by atoms with Gasteiger partial charge in [0.1, 0.15) is 12.4 Å². The topological polar surface area (TPSA) is 27.1 Å². The van der Waals surface area contributed by atoms with E-state index in [1.54, 1.807) is 11.8 Å². The highest BCUT2D eigenvalue weighted by Gasteiger charge is 2.11. The van der Waals surface area contributed by atoms with Gasteiger partial charge in [0, 0.05) is 5.75 Å². The molecule has 130 valence electrons. The molecule has 0 fully saturated rings. The third-order valence-corrected chi connectivity index (χ3v) is 5.20. The molecule has 4 rings (SSSR count). The molecule has 0 aliphatic rings. The van der Waals surface area contributed by atoms with Gasteiger partial charge in [-0.05, 0) is 29.8 Å². The van der Waals surface area contributed by atoms with Crippen molar-refractivity contribution < 1.29 is 4.74 Å². The zero-order valence-corrected chi connectivity index (χ0v) is 15.2. The first kappa shape index (κ1) is 16.7. The van der Waals surface area contributed by atoms with Crippen LogP contribution in [-0.4, -0.2) is 16.2 Å². The third kappa shape index (κ3) is 3.92. The normalized spacial score (nSPS) is 10.9. The van der Waals surface area contributed by atoms with E-state index >= 15 is 0 Å². The Bertz CT molecular complexity index is 967. The minimum Gasteiger partial charge on any atom is -0.492 e. The summed E-state index contributed by atoms with van der Waals surface area (Å²) in [6.45, 7) is 1.38. The number of ether oxygens (including phenoxy) is 1. The fourth-order valence-corrected chi connectivity index (χ4v) is 3.87. The quantitative estimate of drug-likeness (QED) is 0.413. The predicted molar refractivity (Wildman–Crippen MR) is 108 cm³/mol. The summed E-state index contributed by atoms with van der Waals surface area (Å²) >= 11 is 1.77. The minimum absolute atomic E-state index is 0.614. The Balaban J connectivity index is 1.51. The summed E-state index contributed by atoms with van der Waals surface area (Å²) in [5, 5.41) is 1.03. The summed E-state index contributed by atoms with van der Waals surface area (Å²) in [5.74, 6) is 1.80. The summed E-state index contributed by atoms with van der Waals surface area (Å²) in [7, 11) is 0. The van der Waals surface area contributed by atoms with Crippen LogP contribution in [-0.2, 0) is 12.3 Å². The standard InChI is InChI=1S/C22H20N2OS/c1-3-9-18(10-4-1)17-26-22-23-20-13-7-8-14-21(20)24(22)15-16-25-19-11-5-2-6-12-19/h1-14H,15-17H2. The first-order valence-corrected chi connectivity index (χ1v) is 9.68. The number of rotatable bonds is 7. The van der Waals surface area contributed by atoms with Crippen LogP contribution in [0.2, 0.25) is 0 Å². The van der Waals surface area contributed by atoms with E-state index < -0.39 is 0 Å². The van der Waals surface area contributed by atoms with Gasteiger partial charge in [-0.1, -0.05) is 72.4 Å². The highest BCUT2D eigenvalue weighted by Crippen LogP contribution is 2.26. The van der Waals surface area contributed by atoms with Crippen molar-refractivity contribution in [2.24, 2.45) is 0 Å². The largest absolute Gasteiger partial charge is 0.492 e. The number of thioether (sulfide) groups is 1. The Morgan fingerprint density at radius 1 is 0.808 bits per heavy atom. The fraction of sp³-hybridized carbons (Fsp3) is 0.136. The Kier molecular flexibility index (Phi) is 5.22. The molecule has 3 aromatic carbocycles. The monoisotopic (exact) mass is 360 g/mol. The molecule has 0 aliphatic heterocycles. The van der Waals surface area contributed by atoms with Gasteiger partial charge in [0.15, 0.2) is 5.16 Å². The van der Waals surface area contributed by atoms with E-state index in [1.807, 2.05) is 42.5 Å². The second-order valence-corrected chi connectivity index (χ2v) is 6.91. The molecule has 4 heteroatoms. The number of imidazole rings is 1. The average molecular weight is 360 g/mol. The smallest absolute Gasteiger partial charge is 0.169 e. The molecule has 0 bridgehead atoms. The molecule has 26 heavy (non-hydrogen) atoms. The number of aromatic nitrogens is 2. The highest BCUT2D eigenvalue weighted by molar-refractivity contribution is 7.98. The van der Waals surface area contributed by atoms with Crippen LogP contribution in [0, 0.1) is 0 Å². The van der Waals surface area contributed by atoms with Crippen molar-refractivity contribution in [3.63, 3.8) is 0 Å². The summed E-state index contributed by atoms with van der Waals surface area (Å²) in [4.78, 5) is 4.82. The maximum Gasteiger partial charge on any atom is 0.169 e. The van der Waals surface area contributed by atoms with E-state index in [0.29, 0.717) is 6.61 Å². The lowest BCUT2D eigenvalue weighted by Crippen LogP contribution is -2.09. The molecule has 0 radical (unpaired) electrons. The van der Waals surface area contributed by atoms with Crippen molar-refractivity contribution >= 4 is 22.8 Å². The van der Waals surface area contributed by atoms with Crippen molar-refractivity contribution in [1.29, 1.82) is 0 Å². The van der Waals surface area contributed by atoms with Crippen LogP contribution in [0.25, 0.3) is 11.0 Å². The number of para-hydroxylation sites is 3. The van der Waals surface area contributed by atoms with Crippen molar-refractivity contribution in [2.45, 2.75) is 17.5 Å². The Labute approximate surface area is 157 Å². The van der Waals surface area contributed by atoms with Crippen molar-refractivity contribution in [2.75, 3.05) is 6.61 Å². The molecule has 0 saturated carbocycles. The van der Waals surface area contributed by atoms with Crippen LogP contribution in [0.5, 0.6) is 5.75 Å². The van der Waals surface area contributed by atoms with Crippen LogP contribution >= 0.6 is 11.8 Å². The maximum absolute atomic E-state index is 5.89. The summed E-state index contributed by atoms with van der Waals surface area (Å²) in [6, 6.07) is 28.7. The van der Waals surface area contributed by atoms with Gasteiger partial charge < -0.3 is 9.30 Å². The number of benzene rings is 3. The first-order valence-electron chi connectivity index (χ1n) is 8.70. The second-order valence-electron chi connectivity index (χ2n) is 5.97. The van der Waals surface area contributed by atoms with Crippen molar-refractivity contribution in [1.82, 2.24) is 9.55 Å². The Morgan fingerprint density at radius 3 is 2.31 bits per heavy atom. The zero-order chi connectivity index (χ0) is 17.6. The van der Waals surface area contributed by atoms with Crippen molar-refractivity contribution in [3.8, 4) is 5.75 Å². The number of fused-ring (bicyclic) bond motifs is 1. The van der Waals surface area contributed by atoms with Gasteiger partial charge in [-0.15, -0.1) is 0 Å². The lowest BCUT2D eigenvalue weighted by molar-refractivity contribution is 0.295. The van der Waals surface area contributed by atoms with Gasteiger partial charge >= 0.3 is 0 Å². The molecular formula is C22H20N2OS. The van der Waals surface area contributed by atoms with Gasteiger partial charge in [-0.25, -0.2) is 4.98 Å². The van der Waals surface area contributed by atoms with E-state index in [2.05, 4.69) is 47.0 Å². The third-order valence-electron chi connectivity index (χ3n) is 4.16. The number of nitrogens with zero attached hydrogens (tertiary/aromatic N) is 2. The lowest BCUT2D eigenvalue weighted by Gasteiger charge is -2.10. The summed E-state index contributed by atoms with van der Waals surface area (Å²) < 4.78 is 8.14. The van der Waals surface area contributed by atoms with Crippen LogP contribution in [0.1, 0.15) is 5.56 Å². The van der Waals surface area contributed by atoms with Crippen LogP contribution in [0.3, 0.4) is 0 Å². The minimum atomic E-state index is 0.614. The van der Waals surface area contributed by atoms with Gasteiger partial charge in [0.05, 0.1) is 17.6 Å². The molecular weight excluding hydrogens is 340 g/mol. The molecule has 4 aromatic rings. The Morgan fingerprint density at radius 2 is 1.50 bits per heavy atom. The number of hydrogen-bond acceptors (Lipinski definition) is 3. The SMILES string of the molecule is c1ccc(CSc2nc3ccccc3n2CCOc2ccccc2)cc1. The lowest BCUT2D eigenvalue weighted by atomic mass is 10.2. The molecule has 0 aliphatic carbocycles. The molecule has 3 nitrogen and oxygen atoms in total. The summed E-state index contributed by atoms with van der Waals surface area (Å²) in [6.07, 6.45) is 0. The molecule has 0 N–H and O–H groups in total. The van der Waals surface area contributed by atoms with E-state index in [-0.39, 0.29) is 0 Å². The van der Waals surface area contributed by atoms with E-state index in [9.17, 15) is 0 Å². The zero-order valence-electron chi connectivity index (χ0n) is 14.4. The Hall–Kier alpha value is -2.72. The van der Waals surface area contributed by atoms with Crippen LogP contribution in [0.4, 0.5) is 0 Å². The predicted octanol–water partition coefficient (Wildman–Crippen LogP) is 5.41. The van der Waals surface area contributed by atoms with Gasteiger partial charge in [-0.2, -0.15) is 0 Å². The molecule has 1 heterocycles. The van der Waals surface area contributed by atoms with Gasteiger partial charge in [0.2, 0.25) is 0 Å². The highest BCUT2D eigenvalue weighted by atomic mass is 32.2.